The lowest BCUT2D eigenvalue weighted by Gasteiger charge is -2.13. The first-order valence-corrected chi connectivity index (χ1v) is 9.71. The van der Waals surface area contributed by atoms with Gasteiger partial charge >= 0.3 is 0 Å². The molecule has 0 aromatic heterocycles. The third-order valence-corrected chi connectivity index (χ3v) is 5.23. The molecule has 13 heteroatoms. The molecule has 1 heterocycles. The molecule has 1 atom stereocenters. The number of anilines is 1. The molecule has 3 rings (SSSR count). The number of amides is 3. The first kappa shape index (κ1) is 23.8. The summed E-state index contributed by atoms with van der Waals surface area (Å²) in [7, 11) is 0. The first-order valence-electron chi connectivity index (χ1n) is 9.71. The summed E-state index contributed by atoms with van der Waals surface area (Å²) in [5.74, 6) is -6.32. The lowest BCUT2D eigenvalue weighted by atomic mass is 9.98. The van der Waals surface area contributed by atoms with Gasteiger partial charge in [0.1, 0.15) is 5.92 Å². The van der Waals surface area contributed by atoms with Crippen molar-refractivity contribution in [1.29, 1.82) is 0 Å². The van der Waals surface area contributed by atoms with Crippen molar-refractivity contribution in [3.8, 4) is 0 Å². The number of carbonyl (C=O) groups excluding carboxylic acids is 4. The average molecular weight is 467 g/mol. The summed E-state index contributed by atoms with van der Waals surface area (Å²) in [5, 5.41) is 28.6. The fraction of sp³-hybridized carbons (Fsp3) is 0.190. The van der Waals surface area contributed by atoms with Gasteiger partial charge in [-0.1, -0.05) is 12.1 Å². The highest BCUT2D eigenvalue weighted by molar-refractivity contribution is 6.49. The lowest BCUT2D eigenvalue weighted by molar-refractivity contribution is -0.394. The summed E-state index contributed by atoms with van der Waals surface area (Å²) < 4.78 is 0. The summed E-state index contributed by atoms with van der Waals surface area (Å²) >= 11 is 0. The van der Waals surface area contributed by atoms with Crippen LogP contribution in [0.4, 0.5) is 17.1 Å². The minimum atomic E-state index is -1.69. The Morgan fingerprint density at radius 1 is 1.00 bits per heavy atom. The number of benzene rings is 2. The Morgan fingerprint density at radius 3 is 2.15 bits per heavy atom. The Morgan fingerprint density at radius 2 is 1.59 bits per heavy atom. The average Bonchev–Trinajstić information content (AvgIpc) is 3.09. The number of nitro groups is 2. The predicted octanol–water partition coefficient (Wildman–Crippen LogP) is 2.30. The van der Waals surface area contributed by atoms with Crippen molar-refractivity contribution < 1.29 is 29.0 Å². The number of nitrogens with zero attached hydrogens (tertiary/aromatic N) is 4. The van der Waals surface area contributed by atoms with Gasteiger partial charge in [-0.15, -0.1) is 0 Å². The molecular weight excluding hydrogens is 450 g/mol. The van der Waals surface area contributed by atoms with E-state index >= 15 is 0 Å². The van der Waals surface area contributed by atoms with Crippen molar-refractivity contribution in [2.75, 3.05) is 5.32 Å². The standard InChI is InChI=1S/C21H17N5O8/c1-10-5-4-6-16(11(10)2)22-19(28)18(27)17-12(3)23-24(21(17)30)20(29)13-7-14(25(31)32)9-15(8-13)26(33)34/h4-9,17H,1-3H3,(H,22,28)/t17-/m0/s1. The van der Waals surface area contributed by atoms with E-state index in [-0.39, 0.29) is 10.7 Å². The molecule has 0 radical (unpaired) electrons. The van der Waals surface area contributed by atoms with Gasteiger partial charge in [-0.3, -0.25) is 39.4 Å². The van der Waals surface area contributed by atoms with Gasteiger partial charge in [0, 0.05) is 17.8 Å². The molecule has 0 bridgehead atoms. The lowest BCUT2D eigenvalue weighted by Crippen LogP contribution is -2.40. The van der Waals surface area contributed by atoms with Crippen LogP contribution in [0.1, 0.15) is 28.4 Å². The highest BCUT2D eigenvalue weighted by Gasteiger charge is 2.44. The van der Waals surface area contributed by atoms with Crippen molar-refractivity contribution in [3.63, 3.8) is 0 Å². The molecule has 3 amide bonds. The Bertz CT molecular complexity index is 1280. The molecule has 0 saturated heterocycles. The quantitative estimate of drug-likeness (QED) is 0.221. The van der Waals surface area contributed by atoms with E-state index in [4.69, 9.17) is 0 Å². The molecule has 1 N–H and O–H groups in total. The largest absolute Gasteiger partial charge is 0.319 e. The second-order valence-electron chi connectivity index (χ2n) is 7.45. The van der Waals surface area contributed by atoms with E-state index in [1.807, 2.05) is 13.0 Å². The van der Waals surface area contributed by atoms with Crippen LogP contribution in [0.25, 0.3) is 0 Å². The number of nitro benzene ring substituents is 2. The van der Waals surface area contributed by atoms with Gasteiger partial charge in [0.2, 0.25) is 5.78 Å². The number of nitrogens with one attached hydrogen (secondary N) is 1. The van der Waals surface area contributed by atoms with Gasteiger partial charge in [-0.2, -0.15) is 10.1 Å². The highest BCUT2D eigenvalue weighted by atomic mass is 16.6. The summed E-state index contributed by atoms with van der Waals surface area (Å²) in [6, 6.07) is 7.21. The smallest absolute Gasteiger partial charge is 0.293 e. The summed E-state index contributed by atoms with van der Waals surface area (Å²) in [5.41, 5.74) is -0.247. The minimum Gasteiger partial charge on any atom is -0.319 e. The number of rotatable bonds is 6. The Kier molecular flexibility index (Phi) is 6.29. The van der Waals surface area contributed by atoms with Crippen molar-refractivity contribution in [1.82, 2.24) is 5.01 Å². The van der Waals surface area contributed by atoms with E-state index in [9.17, 15) is 39.4 Å². The highest BCUT2D eigenvalue weighted by Crippen LogP contribution is 2.26. The van der Waals surface area contributed by atoms with Gasteiger partial charge in [0.05, 0.1) is 27.2 Å². The van der Waals surface area contributed by atoms with Crippen LogP contribution in [-0.4, -0.2) is 44.1 Å². The molecule has 0 aliphatic carbocycles. The van der Waals surface area contributed by atoms with Crippen molar-refractivity contribution in [3.05, 3.63) is 73.3 Å². The third-order valence-electron chi connectivity index (χ3n) is 5.23. The van der Waals surface area contributed by atoms with E-state index in [2.05, 4.69) is 10.4 Å². The van der Waals surface area contributed by atoms with Crippen LogP contribution in [0.15, 0.2) is 41.5 Å². The normalized spacial score (nSPS) is 15.0. The van der Waals surface area contributed by atoms with Crippen molar-refractivity contribution >= 4 is 46.3 Å². The van der Waals surface area contributed by atoms with Crippen LogP contribution in [0.5, 0.6) is 0 Å². The number of imide groups is 1. The number of ketones is 1. The molecule has 0 spiro atoms. The number of hydrogen-bond donors (Lipinski definition) is 1. The van der Waals surface area contributed by atoms with Gasteiger partial charge in [0.25, 0.3) is 29.1 Å². The number of hydrazone groups is 1. The number of carbonyl (C=O) groups is 4. The number of aryl methyl sites for hydroxylation is 1. The van der Waals surface area contributed by atoms with E-state index in [0.717, 1.165) is 23.3 Å². The van der Waals surface area contributed by atoms with Gasteiger partial charge in [-0.25, -0.2) is 0 Å². The molecule has 2 aromatic carbocycles. The van der Waals surface area contributed by atoms with Crippen LogP contribution in [0.3, 0.4) is 0 Å². The summed E-state index contributed by atoms with van der Waals surface area (Å²) in [6.07, 6.45) is 0. The number of Topliss-reactive ketones (excluding diaryl/α,β-unsaturated/α-hetero) is 1. The summed E-state index contributed by atoms with van der Waals surface area (Å²) in [6.45, 7) is 4.81. The molecule has 174 valence electrons. The van der Waals surface area contributed by atoms with Crippen LogP contribution in [0.2, 0.25) is 0 Å². The van der Waals surface area contributed by atoms with Crippen LogP contribution in [0, 0.1) is 40.0 Å². The third kappa shape index (κ3) is 4.39. The zero-order chi connectivity index (χ0) is 25.3. The van der Waals surface area contributed by atoms with E-state index in [0.29, 0.717) is 11.8 Å². The molecule has 0 fully saturated rings. The topological polar surface area (TPSA) is 182 Å². The van der Waals surface area contributed by atoms with E-state index < -0.39 is 56.2 Å². The Balaban J connectivity index is 1.86. The van der Waals surface area contributed by atoms with Crippen LogP contribution >= 0.6 is 0 Å². The molecule has 0 saturated carbocycles. The van der Waals surface area contributed by atoms with Gasteiger partial charge < -0.3 is 5.32 Å². The molecule has 0 unspecified atom stereocenters. The molecule has 34 heavy (non-hydrogen) atoms. The number of hydrogen-bond acceptors (Lipinski definition) is 9. The molecule has 1 aliphatic rings. The van der Waals surface area contributed by atoms with E-state index in [1.165, 1.54) is 6.92 Å². The molecule has 1 aliphatic heterocycles. The summed E-state index contributed by atoms with van der Waals surface area (Å²) in [4.78, 5) is 71.1. The van der Waals surface area contributed by atoms with E-state index in [1.54, 1.807) is 19.1 Å². The molecular formula is C21H17N5O8. The van der Waals surface area contributed by atoms with Crippen LogP contribution < -0.4 is 5.32 Å². The van der Waals surface area contributed by atoms with Crippen LogP contribution in [-0.2, 0) is 14.4 Å². The maximum Gasteiger partial charge on any atom is 0.293 e. The van der Waals surface area contributed by atoms with Crippen molar-refractivity contribution in [2.24, 2.45) is 11.0 Å². The minimum absolute atomic E-state index is 0.153. The fourth-order valence-corrected chi connectivity index (χ4v) is 3.27. The fourth-order valence-electron chi connectivity index (χ4n) is 3.27. The van der Waals surface area contributed by atoms with Gasteiger partial charge in [0.15, 0.2) is 0 Å². The SMILES string of the molecule is CC1=NN(C(=O)c2cc([N+](=O)[O-])cc([N+](=O)[O-])c2)C(=O)[C@@H]1C(=O)C(=O)Nc1cccc(C)c1C. The second kappa shape index (κ2) is 8.97. The first-order chi connectivity index (χ1) is 15.9. The van der Waals surface area contributed by atoms with Crippen molar-refractivity contribution in [2.45, 2.75) is 20.8 Å². The Labute approximate surface area is 191 Å². The predicted molar refractivity (Wildman–Crippen MR) is 117 cm³/mol. The Hall–Kier alpha value is -4.81. The monoisotopic (exact) mass is 467 g/mol. The number of non-ortho nitro benzene ring substituents is 2. The van der Waals surface area contributed by atoms with Gasteiger partial charge in [-0.05, 0) is 38.0 Å². The maximum absolute atomic E-state index is 12.8. The molecule has 13 nitrogen and oxygen atoms in total. The maximum atomic E-state index is 12.8. The second-order valence-corrected chi connectivity index (χ2v) is 7.45. The molecule has 2 aromatic rings. The zero-order valence-corrected chi connectivity index (χ0v) is 18.1. The zero-order valence-electron chi connectivity index (χ0n) is 18.1.